The Morgan fingerprint density at radius 1 is 1.20 bits per heavy atom. The van der Waals surface area contributed by atoms with Crippen LogP contribution in [-0.4, -0.2) is 28.0 Å². The van der Waals surface area contributed by atoms with Crippen molar-refractivity contribution in [3.8, 4) is 0 Å². The number of rotatable bonds is 4. The number of hydrazine groups is 1. The zero-order valence-corrected chi connectivity index (χ0v) is 14.7. The van der Waals surface area contributed by atoms with Crippen molar-refractivity contribution in [2.24, 2.45) is 0 Å². The van der Waals surface area contributed by atoms with Crippen LogP contribution >= 0.6 is 0 Å². The molecular formula is C21H24N4. The summed E-state index contributed by atoms with van der Waals surface area (Å²) in [6, 6.07) is 15.0. The molecule has 2 aliphatic heterocycles. The van der Waals surface area contributed by atoms with E-state index in [0.29, 0.717) is 0 Å². The summed E-state index contributed by atoms with van der Waals surface area (Å²) < 4.78 is 0. The van der Waals surface area contributed by atoms with E-state index in [1.807, 2.05) is 18.5 Å². The van der Waals surface area contributed by atoms with E-state index in [1.165, 1.54) is 22.4 Å². The van der Waals surface area contributed by atoms with Crippen LogP contribution in [-0.2, 0) is 6.54 Å². The molecule has 0 saturated heterocycles. The lowest BCUT2D eigenvalue weighted by Crippen LogP contribution is -2.37. The van der Waals surface area contributed by atoms with Crippen molar-refractivity contribution >= 4 is 0 Å². The molecule has 0 bridgehead atoms. The Morgan fingerprint density at radius 3 is 2.80 bits per heavy atom. The lowest BCUT2D eigenvalue weighted by molar-refractivity contribution is 0.220. The van der Waals surface area contributed by atoms with Crippen LogP contribution in [0.25, 0.3) is 0 Å². The number of hydrogen-bond donors (Lipinski definition) is 1. The van der Waals surface area contributed by atoms with E-state index in [4.69, 9.17) is 0 Å². The summed E-state index contributed by atoms with van der Waals surface area (Å²) in [5.74, 6) is 0. The molecular weight excluding hydrogens is 308 g/mol. The summed E-state index contributed by atoms with van der Waals surface area (Å²) in [6.45, 7) is 9.50. The Balaban J connectivity index is 1.45. The number of nitrogens with one attached hydrogen (secondary N) is 1. The number of benzene rings is 1. The molecule has 25 heavy (non-hydrogen) atoms. The SMILES string of the molecule is C=C1C2=C(CN(Cc3cccnc3)CC2)NN1C(C)c1ccccc1. The Kier molecular flexibility index (Phi) is 4.28. The van der Waals surface area contributed by atoms with Gasteiger partial charge in [0.05, 0.1) is 17.4 Å². The van der Waals surface area contributed by atoms with Crippen LogP contribution in [0, 0.1) is 0 Å². The summed E-state index contributed by atoms with van der Waals surface area (Å²) in [5, 5.41) is 2.22. The fourth-order valence-corrected chi connectivity index (χ4v) is 3.69. The summed E-state index contributed by atoms with van der Waals surface area (Å²) in [5.41, 5.74) is 9.96. The molecule has 3 heterocycles. The molecule has 1 atom stereocenters. The smallest absolute Gasteiger partial charge is 0.0725 e. The highest BCUT2D eigenvalue weighted by Gasteiger charge is 2.32. The lowest BCUT2D eigenvalue weighted by atomic mass is 10.0. The van der Waals surface area contributed by atoms with Gasteiger partial charge in [0, 0.05) is 37.6 Å². The molecule has 1 aromatic heterocycles. The van der Waals surface area contributed by atoms with Gasteiger partial charge < -0.3 is 5.43 Å². The number of nitrogens with zero attached hydrogens (tertiary/aromatic N) is 3. The minimum Gasteiger partial charge on any atom is -0.300 e. The Labute approximate surface area is 149 Å². The van der Waals surface area contributed by atoms with Crippen LogP contribution in [0.4, 0.5) is 0 Å². The fourth-order valence-electron chi connectivity index (χ4n) is 3.69. The van der Waals surface area contributed by atoms with Crippen molar-refractivity contribution in [3.63, 3.8) is 0 Å². The van der Waals surface area contributed by atoms with Crippen LogP contribution in [0.1, 0.15) is 30.5 Å². The van der Waals surface area contributed by atoms with E-state index in [0.717, 1.165) is 31.8 Å². The van der Waals surface area contributed by atoms with Crippen molar-refractivity contribution in [3.05, 3.63) is 89.5 Å². The van der Waals surface area contributed by atoms with Gasteiger partial charge >= 0.3 is 0 Å². The highest BCUT2D eigenvalue weighted by Crippen LogP contribution is 2.35. The average Bonchev–Trinajstić information content (AvgIpc) is 2.99. The van der Waals surface area contributed by atoms with Gasteiger partial charge in [0.1, 0.15) is 0 Å². The first kappa shape index (κ1) is 15.9. The van der Waals surface area contributed by atoms with Crippen molar-refractivity contribution in [2.45, 2.75) is 25.9 Å². The average molecular weight is 332 g/mol. The number of hydrogen-bond acceptors (Lipinski definition) is 4. The van der Waals surface area contributed by atoms with E-state index in [-0.39, 0.29) is 6.04 Å². The standard InChI is InChI=1S/C21H24N4/c1-16(19-8-4-3-5-9-19)25-17(2)20-10-12-24(15-21(20)23-25)14-18-7-6-11-22-13-18/h3-9,11,13,16,23H,2,10,12,14-15H2,1H3. The Bertz CT molecular complexity index is 782. The molecule has 0 fully saturated rings. The number of aromatic nitrogens is 1. The first-order valence-electron chi connectivity index (χ1n) is 8.86. The van der Waals surface area contributed by atoms with Crippen LogP contribution in [0.3, 0.4) is 0 Å². The molecule has 4 rings (SSSR count). The summed E-state index contributed by atoms with van der Waals surface area (Å²) >= 11 is 0. The summed E-state index contributed by atoms with van der Waals surface area (Å²) in [6.07, 6.45) is 4.82. The highest BCUT2D eigenvalue weighted by molar-refractivity contribution is 5.40. The molecule has 4 nitrogen and oxygen atoms in total. The number of allylic oxidation sites excluding steroid dienone is 1. The van der Waals surface area contributed by atoms with Crippen molar-refractivity contribution < 1.29 is 0 Å². The molecule has 1 unspecified atom stereocenters. The van der Waals surface area contributed by atoms with Crippen LogP contribution in [0.5, 0.6) is 0 Å². The minimum absolute atomic E-state index is 0.256. The van der Waals surface area contributed by atoms with E-state index in [2.05, 4.69) is 70.2 Å². The maximum atomic E-state index is 4.35. The van der Waals surface area contributed by atoms with Gasteiger partial charge in [-0.25, -0.2) is 0 Å². The zero-order chi connectivity index (χ0) is 17.2. The third kappa shape index (κ3) is 3.17. The van der Waals surface area contributed by atoms with Gasteiger partial charge in [-0.3, -0.25) is 14.9 Å². The molecule has 0 radical (unpaired) electrons. The van der Waals surface area contributed by atoms with Gasteiger partial charge in [0.25, 0.3) is 0 Å². The largest absolute Gasteiger partial charge is 0.300 e. The molecule has 1 N–H and O–H groups in total. The Morgan fingerprint density at radius 2 is 2.04 bits per heavy atom. The molecule has 0 amide bonds. The fraction of sp³-hybridized carbons (Fsp3) is 0.286. The van der Waals surface area contributed by atoms with E-state index >= 15 is 0 Å². The van der Waals surface area contributed by atoms with E-state index < -0.39 is 0 Å². The Hall–Kier alpha value is -2.59. The molecule has 0 spiro atoms. The molecule has 2 aliphatic rings. The maximum Gasteiger partial charge on any atom is 0.0725 e. The molecule has 0 aliphatic carbocycles. The van der Waals surface area contributed by atoms with Crippen LogP contribution < -0.4 is 5.43 Å². The minimum atomic E-state index is 0.256. The second-order valence-electron chi connectivity index (χ2n) is 6.79. The normalized spacial score (nSPS) is 18.9. The molecule has 4 heteroatoms. The van der Waals surface area contributed by atoms with E-state index in [1.54, 1.807) is 0 Å². The molecule has 128 valence electrons. The molecule has 0 saturated carbocycles. The molecule has 2 aromatic rings. The third-order valence-electron chi connectivity index (χ3n) is 5.12. The van der Waals surface area contributed by atoms with Crippen molar-refractivity contribution in [1.82, 2.24) is 20.3 Å². The van der Waals surface area contributed by atoms with Crippen molar-refractivity contribution in [2.75, 3.05) is 13.1 Å². The quantitative estimate of drug-likeness (QED) is 0.926. The first-order valence-corrected chi connectivity index (χ1v) is 8.86. The monoisotopic (exact) mass is 332 g/mol. The zero-order valence-electron chi connectivity index (χ0n) is 14.7. The van der Waals surface area contributed by atoms with Gasteiger partial charge in [0.15, 0.2) is 0 Å². The second kappa shape index (κ2) is 6.73. The number of pyridine rings is 1. The first-order chi connectivity index (χ1) is 12.2. The molecule has 1 aromatic carbocycles. The summed E-state index contributed by atoms with van der Waals surface area (Å²) in [4.78, 5) is 6.69. The van der Waals surface area contributed by atoms with Crippen molar-refractivity contribution in [1.29, 1.82) is 0 Å². The highest BCUT2D eigenvalue weighted by atomic mass is 15.6. The predicted molar refractivity (Wildman–Crippen MR) is 100 cm³/mol. The van der Waals surface area contributed by atoms with Crippen LogP contribution in [0.15, 0.2) is 78.4 Å². The third-order valence-corrected chi connectivity index (χ3v) is 5.12. The summed E-state index contributed by atoms with van der Waals surface area (Å²) in [7, 11) is 0. The van der Waals surface area contributed by atoms with Crippen LogP contribution in [0.2, 0.25) is 0 Å². The topological polar surface area (TPSA) is 31.4 Å². The maximum absolute atomic E-state index is 4.35. The van der Waals surface area contributed by atoms with Gasteiger partial charge in [-0.2, -0.15) is 0 Å². The predicted octanol–water partition coefficient (Wildman–Crippen LogP) is 3.64. The van der Waals surface area contributed by atoms with Gasteiger partial charge in [-0.15, -0.1) is 0 Å². The lowest BCUT2D eigenvalue weighted by Gasteiger charge is -2.29. The van der Waals surface area contributed by atoms with Gasteiger partial charge in [0.2, 0.25) is 0 Å². The van der Waals surface area contributed by atoms with E-state index in [9.17, 15) is 0 Å². The van der Waals surface area contributed by atoms with Gasteiger partial charge in [-0.05, 0) is 30.5 Å². The van der Waals surface area contributed by atoms with Gasteiger partial charge in [-0.1, -0.05) is 43.0 Å². The second-order valence-corrected chi connectivity index (χ2v) is 6.79.